The summed E-state index contributed by atoms with van der Waals surface area (Å²) in [6, 6.07) is 3.89. The Morgan fingerprint density at radius 2 is 2.26 bits per heavy atom. The fraction of sp³-hybridized carbons (Fsp3) is 0.571. The lowest BCUT2D eigenvalue weighted by atomic mass is 10.0. The molecule has 0 aromatic heterocycles. The molecule has 1 aromatic rings. The third-order valence-electron chi connectivity index (χ3n) is 3.12. The van der Waals surface area contributed by atoms with Gasteiger partial charge in [0, 0.05) is 18.2 Å². The molecule has 0 amide bonds. The Morgan fingerprint density at radius 3 is 2.89 bits per heavy atom. The smallest absolute Gasteiger partial charge is 0.142 e. The Labute approximate surface area is 114 Å². The quantitative estimate of drug-likeness (QED) is 0.795. The standard InChI is InChI=1S/C14H22N2O3/c1-3-5-19-14-7-10(12-9-18-6-4-16-12)13(17-2)8-11(14)15/h7-8,12,16H,3-6,9,15H2,1-2H3. The molecule has 1 aromatic carbocycles. The number of hydrogen-bond donors (Lipinski definition) is 2. The first kappa shape index (κ1) is 14.0. The van der Waals surface area contributed by atoms with Crippen LogP contribution in [-0.4, -0.2) is 33.5 Å². The summed E-state index contributed by atoms with van der Waals surface area (Å²) in [6.07, 6.45) is 0.950. The maximum atomic E-state index is 5.98. The second kappa shape index (κ2) is 6.63. The van der Waals surface area contributed by atoms with Crippen molar-refractivity contribution >= 4 is 5.69 Å². The number of anilines is 1. The maximum absolute atomic E-state index is 5.98. The van der Waals surface area contributed by atoms with Crippen LogP contribution in [0.15, 0.2) is 12.1 Å². The second-order valence-electron chi connectivity index (χ2n) is 4.56. The van der Waals surface area contributed by atoms with Crippen LogP contribution in [-0.2, 0) is 4.74 Å². The van der Waals surface area contributed by atoms with Gasteiger partial charge < -0.3 is 25.3 Å². The molecule has 5 nitrogen and oxygen atoms in total. The van der Waals surface area contributed by atoms with Gasteiger partial charge in [-0.05, 0) is 12.5 Å². The van der Waals surface area contributed by atoms with Gasteiger partial charge in [-0.25, -0.2) is 0 Å². The summed E-state index contributed by atoms with van der Waals surface area (Å²) in [7, 11) is 1.65. The van der Waals surface area contributed by atoms with E-state index in [0.29, 0.717) is 24.7 Å². The molecule has 3 N–H and O–H groups in total. The third-order valence-corrected chi connectivity index (χ3v) is 3.12. The number of rotatable bonds is 5. The fourth-order valence-corrected chi connectivity index (χ4v) is 2.14. The van der Waals surface area contributed by atoms with Gasteiger partial charge in [0.25, 0.3) is 0 Å². The number of hydrogen-bond acceptors (Lipinski definition) is 5. The molecule has 0 radical (unpaired) electrons. The van der Waals surface area contributed by atoms with Crippen LogP contribution in [0.5, 0.6) is 11.5 Å². The lowest BCUT2D eigenvalue weighted by Crippen LogP contribution is -2.34. The molecule has 1 unspecified atom stereocenters. The normalized spacial score (nSPS) is 19.2. The number of methoxy groups -OCH3 is 1. The molecule has 0 saturated carbocycles. The van der Waals surface area contributed by atoms with Gasteiger partial charge in [-0.15, -0.1) is 0 Å². The number of ether oxygens (including phenoxy) is 3. The van der Waals surface area contributed by atoms with E-state index in [0.717, 1.165) is 30.9 Å². The van der Waals surface area contributed by atoms with E-state index in [-0.39, 0.29) is 6.04 Å². The highest BCUT2D eigenvalue weighted by Crippen LogP contribution is 2.35. The van der Waals surface area contributed by atoms with Crippen molar-refractivity contribution in [1.82, 2.24) is 5.32 Å². The molecule has 1 aliphatic heterocycles. The Balaban J connectivity index is 2.27. The summed E-state index contributed by atoms with van der Waals surface area (Å²) < 4.78 is 16.6. The number of nitrogens with one attached hydrogen (secondary N) is 1. The van der Waals surface area contributed by atoms with Crippen LogP contribution in [0, 0.1) is 0 Å². The Kier molecular flexibility index (Phi) is 4.87. The Hall–Kier alpha value is -1.46. The molecule has 106 valence electrons. The molecule has 5 heteroatoms. The predicted octanol–water partition coefficient (Wildman–Crippen LogP) is 1.73. The molecule has 0 spiro atoms. The fourth-order valence-electron chi connectivity index (χ4n) is 2.14. The van der Waals surface area contributed by atoms with Gasteiger partial charge >= 0.3 is 0 Å². The summed E-state index contributed by atoms with van der Waals surface area (Å²) >= 11 is 0. The highest BCUT2D eigenvalue weighted by molar-refractivity contribution is 5.60. The average Bonchev–Trinajstić information content (AvgIpc) is 2.46. The zero-order valence-electron chi connectivity index (χ0n) is 11.6. The van der Waals surface area contributed by atoms with Crippen LogP contribution in [0.3, 0.4) is 0 Å². The molecule has 0 aliphatic carbocycles. The molecule has 1 aliphatic rings. The van der Waals surface area contributed by atoms with Crippen molar-refractivity contribution in [2.24, 2.45) is 0 Å². The average molecular weight is 266 g/mol. The zero-order valence-corrected chi connectivity index (χ0v) is 11.6. The minimum absolute atomic E-state index is 0.119. The van der Waals surface area contributed by atoms with Crippen molar-refractivity contribution in [3.63, 3.8) is 0 Å². The van der Waals surface area contributed by atoms with Gasteiger partial charge in [-0.2, -0.15) is 0 Å². The Bertz CT molecular complexity index is 417. The van der Waals surface area contributed by atoms with E-state index in [1.165, 1.54) is 0 Å². The zero-order chi connectivity index (χ0) is 13.7. The van der Waals surface area contributed by atoms with E-state index < -0.39 is 0 Å². The highest BCUT2D eigenvalue weighted by atomic mass is 16.5. The van der Waals surface area contributed by atoms with Crippen molar-refractivity contribution in [2.45, 2.75) is 19.4 Å². The lowest BCUT2D eigenvalue weighted by molar-refractivity contribution is 0.0760. The molecular formula is C14H22N2O3. The molecule has 1 atom stereocenters. The predicted molar refractivity (Wildman–Crippen MR) is 74.8 cm³/mol. The van der Waals surface area contributed by atoms with Crippen molar-refractivity contribution in [3.8, 4) is 11.5 Å². The first-order chi connectivity index (χ1) is 9.26. The summed E-state index contributed by atoms with van der Waals surface area (Å²) in [5.74, 6) is 1.48. The number of nitrogen functional groups attached to an aromatic ring is 1. The van der Waals surface area contributed by atoms with E-state index >= 15 is 0 Å². The van der Waals surface area contributed by atoms with Crippen LogP contribution in [0.25, 0.3) is 0 Å². The molecule has 19 heavy (non-hydrogen) atoms. The van der Waals surface area contributed by atoms with E-state index in [1.807, 2.05) is 12.1 Å². The number of morpholine rings is 1. The molecule has 0 bridgehead atoms. The van der Waals surface area contributed by atoms with Gasteiger partial charge in [0.1, 0.15) is 11.5 Å². The van der Waals surface area contributed by atoms with Crippen molar-refractivity contribution in [1.29, 1.82) is 0 Å². The topological polar surface area (TPSA) is 65.7 Å². The van der Waals surface area contributed by atoms with Crippen molar-refractivity contribution in [2.75, 3.05) is 39.2 Å². The van der Waals surface area contributed by atoms with E-state index in [2.05, 4.69) is 12.2 Å². The number of nitrogens with two attached hydrogens (primary N) is 1. The van der Waals surface area contributed by atoms with Gasteiger partial charge in [0.05, 0.1) is 38.7 Å². The third kappa shape index (κ3) is 3.30. The molecule has 2 rings (SSSR count). The SMILES string of the molecule is CCCOc1cc(C2COCCN2)c(OC)cc1N. The van der Waals surface area contributed by atoms with Crippen LogP contribution >= 0.6 is 0 Å². The minimum Gasteiger partial charge on any atom is -0.496 e. The summed E-state index contributed by atoms with van der Waals surface area (Å²) in [6.45, 7) is 4.94. The number of benzene rings is 1. The van der Waals surface area contributed by atoms with Gasteiger partial charge in [0.2, 0.25) is 0 Å². The summed E-state index contributed by atoms with van der Waals surface area (Å²) in [4.78, 5) is 0. The van der Waals surface area contributed by atoms with Crippen LogP contribution < -0.4 is 20.5 Å². The summed E-state index contributed by atoms with van der Waals surface area (Å²) in [5, 5.41) is 3.41. The van der Waals surface area contributed by atoms with Gasteiger partial charge in [0.15, 0.2) is 0 Å². The minimum atomic E-state index is 0.119. The van der Waals surface area contributed by atoms with Crippen LogP contribution in [0.1, 0.15) is 24.9 Å². The van der Waals surface area contributed by atoms with Crippen molar-refractivity contribution in [3.05, 3.63) is 17.7 Å². The van der Waals surface area contributed by atoms with E-state index in [4.69, 9.17) is 19.9 Å². The van der Waals surface area contributed by atoms with E-state index in [1.54, 1.807) is 7.11 Å². The molecule has 1 saturated heterocycles. The molecule has 1 heterocycles. The van der Waals surface area contributed by atoms with Crippen LogP contribution in [0.2, 0.25) is 0 Å². The first-order valence-electron chi connectivity index (χ1n) is 6.67. The second-order valence-corrected chi connectivity index (χ2v) is 4.56. The largest absolute Gasteiger partial charge is 0.496 e. The maximum Gasteiger partial charge on any atom is 0.142 e. The monoisotopic (exact) mass is 266 g/mol. The van der Waals surface area contributed by atoms with Gasteiger partial charge in [-0.1, -0.05) is 6.92 Å². The molecule has 1 fully saturated rings. The van der Waals surface area contributed by atoms with E-state index in [9.17, 15) is 0 Å². The lowest BCUT2D eigenvalue weighted by Gasteiger charge is -2.26. The summed E-state index contributed by atoms with van der Waals surface area (Å²) in [5.41, 5.74) is 7.61. The molecular weight excluding hydrogens is 244 g/mol. The Morgan fingerprint density at radius 1 is 1.42 bits per heavy atom. The first-order valence-corrected chi connectivity index (χ1v) is 6.67. The highest BCUT2D eigenvalue weighted by Gasteiger charge is 2.21. The van der Waals surface area contributed by atoms with Crippen LogP contribution in [0.4, 0.5) is 5.69 Å². The van der Waals surface area contributed by atoms with Crippen molar-refractivity contribution < 1.29 is 14.2 Å². The van der Waals surface area contributed by atoms with Gasteiger partial charge in [-0.3, -0.25) is 0 Å².